The van der Waals surface area contributed by atoms with Crippen LogP contribution < -0.4 is 10.1 Å². The SMILES string of the molecule is O=C(NCc1ccc(COCC(F)(F)F)cc1)c1ccnc(OCc2ccccc2)c1. The molecule has 0 radical (unpaired) electrons. The van der Waals surface area contributed by atoms with Gasteiger partial charge in [0.1, 0.15) is 13.2 Å². The molecule has 31 heavy (non-hydrogen) atoms. The number of hydrogen-bond donors (Lipinski definition) is 1. The van der Waals surface area contributed by atoms with Crippen molar-refractivity contribution in [3.05, 3.63) is 95.2 Å². The standard InChI is InChI=1S/C23H21F3N2O3/c24-23(25,26)16-30-14-19-8-6-17(7-9-19)13-28-22(29)20-10-11-27-21(12-20)31-15-18-4-2-1-3-5-18/h1-12H,13-16H2,(H,28,29). The smallest absolute Gasteiger partial charge is 0.411 e. The fraction of sp³-hybridized carbons (Fsp3) is 0.217. The fourth-order valence-corrected chi connectivity index (χ4v) is 2.68. The van der Waals surface area contributed by atoms with Gasteiger partial charge in [0.15, 0.2) is 0 Å². The van der Waals surface area contributed by atoms with Gasteiger partial charge in [0.05, 0.1) is 6.61 Å². The highest BCUT2D eigenvalue weighted by Gasteiger charge is 2.27. The van der Waals surface area contributed by atoms with E-state index in [-0.39, 0.29) is 19.1 Å². The molecule has 5 nitrogen and oxygen atoms in total. The average Bonchev–Trinajstić information content (AvgIpc) is 2.77. The molecule has 0 bridgehead atoms. The van der Waals surface area contributed by atoms with Gasteiger partial charge >= 0.3 is 6.18 Å². The summed E-state index contributed by atoms with van der Waals surface area (Å²) in [5, 5.41) is 2.80. The van der Waals surface area contributed by atoms with Crippen molar-refractivity contribution < 1.29 is 27.4 Å². The Kier molecular flexibility index (Phi) is 7.61. The quantitative estimate of drug-likeness (QED) is 0.536. The van der Waals surface area contributed by atoms with Crippen LogP contribution in [0, 0.1) is 0 Å². The van der Waals surface area contributed by atoms with Crippen molar-refractivity contribution in [2.24, 2.45) is 0 Å². The van der Waals surface area contributed by atoms with E-state index in [0.717, 1.165) is 11.1 Å². The van der Waals surface area contributed by atoms with Crippen molar-refractivity contribution in [1.29, 1.82) is 0 Å². The number of alkyl halides is 3. The number of hydrogen-bond acceptors (Lipinski definition) is 4. The van der Waals surface area contributed by atoms with Gasteiger partial charge in [-0.25, -0.2) is 4.98 Å². The van der Waals surface area contributed by atoms with Crippen LogP contribution in [0.3, 0.4) is 0 Å². The van der Waals surface area contributed by atoms with E-state index in [2.05, 4.69) is 15.0 Å². The van der Waals surface area contributed by atoms with E-state index in [1.165, 1.54) is 6.20 Å². The zero-order valence-corrected chi connectivity index (χ0v) is 16.6. The Morgan fingerprint density at radius 3 is 2.29 bits per heavy atom. The Morgan fingerprint density at radius 1 is 0.903 bits per heavy atom. The molecule has 1 N–H and O–H groups in total. The minimum atomic E-state index is -4.34. The van der Waals surface area contributed by atoms with E-state index >= 15 is 0 Å². The number of rotatable bonds is 9. The Hall–Kier alpha value is -3.39. The Morgan fingerprint density at radius 2 is 1.58 bits per heavy atom. The Balaban J connectivity index is 1.48. The summed E-state index contributed by atoms with van der Waals surface area (Å²) in [6.07, 6.45) is -2.84. The predicted molar refractivity (Wildman–Crippen MR) is 108 cm³/mol. The minimum absolute atomic E-state index is 0.130. The third-order valence-corrected chi connectivity index (χ3v) is 4.24. The van der Waals surface area contributed by atoms with Gasteiger partial charge in [0.25, 0.3) is 5.91 Å². The molecule has 0 unspecified atom stereocenters. The van der Waals surface area contributed by atoms with Gasteiger partial charge in [-0.2, -0.15) is 13.2 Å². The first kappa shape index (κ1) is 22.3. The van der Waals surface area contributed by atoms with Crippen LogP contribution in [0.1, 0.15) is 27.0 Å². The molecule has 0 aliphatic rings. The number of ether oxygens (including phenoxy) is 2. The van der Waals surface area contributed by atoms with E-state index < -0.39 is 12.8 Å². The summed E-state index contributed by atoms with van der Waals surface area (Å²) in [6, 6.07) is 19.6. The van der Waals surface area contributed by atoms with Crippen LogP contribution in [0.5, 0.6) is 5.88 Å². The normalized spacial score (nSPS) is 11.2. The van der Waals surface area contributed by atoms with Crippen molar-refractivity contribution >= 4 is 5.91 Å². The summed E-state index contributed by atoms with van der Waals surface area (Å²) < 4.78 is 46.6. The van der Waals surface area contributed by atoms with Crippen LogP contribution in [0.25, 0.3) is 0 Å². The maximum atomic E-state index is 12.4. The number of nitrogens with zero attached hydrogens (tertiary/aromatic N) is 1. The number of carbonyl (C=O) groups excluding carboxylic acids is 1. The third kappa shape index (κ3) is 7.75. The summed E-state index contributed by atoms with van der Waals surface area (Å²) in [5.74, 6) is 0.0595. The van der Waals surface area contributed by atoms with Gasteiger partial charge in [0, 0.05) is 24.4 Å². The largest absolute Gasteiger partial charge is 0.473 e. The van der Waals surface area contributed by atoms with Crippen molar-refractivity contribution in [3.63, 3.8) is 0 Å². The number of halogens is 3. The lowest BCUT2D eigenvalue weighted by molar-refractivity contribution is -0.176. The highest BCUT2D eigenvalue weighted by molar-refractivity contribution is 5.94. The summed E-state index contributed by atoms with van der Waals surface area (Å²) in [4.78, 5) is 16.5. The third-order valence-electron chi connectivity index (χ3n) is 4.24. The van der Waals surface area contributed by atoms with Gasteiger partial charge in [-0.15, -0.1) is 0 Å². The number of nitrogens with one attached hydrogen (secondary N) is 1. The van der Waals surface area contributed by atoms with E-state index in [1.807, 2.05) is 30.3 Å². The summed E-state index contributed by atoms with van der Waals surface area (Å²) in [5.41, 5.74) is 2.83. The van der Waals surface area contributed by atoms with Crippen molar-refractivity contribution in [1.82, 2.24) is 10.3 Å². The first-order chi connectivity index (χ1) is 14.9. The minimum Gasteiger partial charge on any atom is -0.473 e. The molecule has 0 saturated carbocycles. The van der Waals surface area contributed by atoms with Crippen molar-refractivity contribution in [2.75, 3.05) is 6.61 Å². The second-order valence-electron chi connectivity index (χ2n) is 6.76. The molecular weight excluding hydrogens is 409 g/mol. The molecule has 0 spiro atoms. The molecule has 0 aliphatic carbocycles. The zero-order chi connectivity index (χ0) is 22.1. The summed E-state index contributed by atoms with van der Waals surface area (Å²) in [6.45, 7) is -0.800. The molecule has 0 atom stereocenters. The monoisotopic (exact) mass is 430 g/mol. The number of pyridine rings is 1. The van der Waals surface area contributed by atoms with Crippen LogP contribution in [0.2, 0.25) is 0 Å². The predicted octanol–water partition coefficient (Wildman–Crippen LogP) is 4.67. The van der Waals surface area contributed by atoms with Gasteiger partial charge in [-0.05, 0) is 22.8 Å². The molecule has 1 aromatic heterocycles. The lowest BCUT2D eigenvalue weighted by Crippen LogP contribution is -2.22. The maximum absolute atomic E-state index is 12.4. The molecule has 162 valence electrons. The summed E-state index contributed by atoms with van der Waals surface area (Å²) >= 11 is 0. The number of amides is 1. The van der Waals surface area contributed by atoms with Gasteiger partial charge in [-0.1, -0.05) is 54.6 Å². The number of aromatic nitrogens is 1. The highest BCUT2D eigenvalue weighted by Crippen LogP contribution is 2.16. The first-order valence-corrected chi connectivity index (χ1v) is 9.52. The van der Waals surface area contributed by atoms with Crippen LogP contribution in [0.4, 0.5) is 13.2 Å². The molecular formula is C23H21F3N2O3. The van der Waals surface area contributed by atoms with E-state index in [1.54, 1.807) is 36.4 Å². The zero-order valence-electron chi connectivity index (χ0n) is 16.6. The Labute approximate surface area is 177 Å². The Bertz CT molecular complexity index is 977. The number of carbonyl (C=O) groups is 1. The number of benzene rings is 2. The molecule has 0 saturated heterocycles. The molecule has 1 heterocycles. The molecule has 3 aromatic rings. The van der Waals surface area contributed by atoms with Crippen LogP contribution in [0.15, 0.2) is 72.9 Å². The van der Waals surface area contributed by atoms with E-state index in [9.17, 15) is 18.0 Å². The fourth-order valence-electron chi connectivity index (χ4n) is 2.68. The topological polar surface area (TPSA) is 60.5 Å². The first-order valence-electron chi connectivity index (χ1n) is 9.52. The van der Waals surface area contributed by atoms with Gasteiger partial charge in [0.2, 0.25) is 5.88 Å². The second kappa shape index (κ2) is 10.6. The van der Waals surface area contributed by atoms with Crippen LogP contribution >= 0.6 is 0 Å². The van der Waals surface area contributed by atoms with Gasteiger partial charge in [-0.3, -0.25) is 4.79 Å². The van der Waals surface area contributed by atoms with E-state index in [0.29, 0.717) is 23.6 Å². The molecule has 8 heteroatoms. The molecule has 1 amide bonds. The van der Waals surface area contributed by atoms with Crippen molar-refractivity contribution in [3.8, 4) is 5.88 Å². The lowest BCUT2D eigenvalue weighted by Gasteiger charge is -2.09. The molecule has 3 rings (SSSR count). The molecule has 0 aliphatic heterocycles. The molecule has 2 aromatic carbocycles. The van der Waals surface area contributed by atoms with Gasteiger partial charge < -0.3 is 14.8 Å². The van der Waals surface area contributed by atoms with Crippen LogP contribution in [-0.4, -0.2) is 23.7 Å². The van der Waals surface area contributed by atoms with Crippen LogP contribution in [-0.2, 0) is 24.5 Å². The van der Waals surface area contributed by atoms with Crippen molar-refractivity contribution in [2.45, 2.75) is 25.9 Å². The van der Waals surface area contributed by atoms with E-state index in [4.69, 9.17) is 4.74 Å². The average molecular weight is 430 g/mol. The maximum Gasteiger partial charge on any atom is 0.411 e. The molecule has 0 fully saturated rings. The highest BCUT2D eigenvalue weighted by atomic mass is 19.4. The summed E-state index contributed by atoms with van der Waals surface area (Å²) in [7, 11) is 0. The lowest BCUT2D eigenvalue weighted by atomic mass is 10.1. The second-order valence-corrected chi connectivity index (χ2v) is 6.76.